The summed E-state index contributed by atoms with van der Waals surface area (Å²) in [6.45, 7) is 0.891. The quantitative estimate of drug-likeness (QED) is 0.313. The van der Waals surface area contributed by atoms with Gasteiger partial charge in [0.2, 0.25) is 15.9 Å². The van der Waals surface area contributed by atoms with E-state index >= 15 is 0 Å². The van der Waals surface area contributed by atoms with E-state index in [4.69, 9.17) is 4.99 Å². The third-order valence-electron chi connectivity index (χ3n) is 8.45. The third-order valence-corrected chi connectivity index (χ3v) is 9.65. The SMILES string of the molecule is CN(C)CCN(c1ccc(N=C(c2ccccc2)C2C(=O)Nc3ccc(C(=O)N(C)C4CCCCC4)cc32)cc1)S(C)(=O)=O. The highest BCUT2D eigenvalue weighted by atomic mass is 32.2. The number of sulfonamides is 1. The average Bonchev–Trinajstić information content (AvgIpc) is 3.34. The number of aliphatic imine (C=N–C) groups is 1. The molecular formula is C34H41N5O4S. The monoisotopic (exact) mass is 615 g/mol. The summed E-state index contributed by atoms with van der Waals surface area (Å²) in [7, 11) is 2.18. The molecule has 1 fully saturated rings. The first-order valence-corrected chi connectivity index (χ1v) is 17.0. The van der Waals surface area contributed by atoms with Crippen LogP contribution in [0.25, 0.3) is 0 Å². The number of hydrogen-bond acceptors (Lipinski definition) is 6. The Morgan fingerprint density at radius 3 is 2.20 bits per heavy atom. The smallest absolute Gasteiger partial charge is 0.253 e. The molecule has 2 amide bonds. The van der Waals surface area contributed by atoms with E-state index in [1.54, 1.807) is 36.4 Å². The molecule has 3 aromatic rings. The number of anilines is 2. The largest absolute Gasteiger partial charge is 0.339 e. The first-order valence-electron chi connectivity index (χ1n) is 15.1. The van der Waals surface area contributed by atoms with Crippen molar-refractivity contribution in [1.82, 2.24) is 9.80 Å². The van der Waals surface area contributed by atoms with E-state index in [2.05, 4.69) is 5.32 Å². The maximum atomic E-state index is 13.5. The van der Waals surface area contributed by atoms with E-state index in [9.17, 15) is 18.0 Å². The van der Waals surface area contributed by atoms with Crippen molar-refractivity contribution >= 4 is 44.6 Å². The molecule has 1 N–H and O–H groups in total. The Morgan fingerprint density at radius 1 is 0.886 bits per heavy atom. The Bertz CT molecular complexity index is 1630. The van der Waals surface area contributed by atoms with E-state index in [1.807, 2.05) is 67.3 Å². The topological polar surface area (TPSA) is 102 Å². The zero-order valence-electron chi connectivity index (χ0n) is 25.9. The molecule has 1 aliphatic heterocycles. The summed E-state index contributed by atoms with van der Waals surface area (Å²) in [5.41, 5.74) is 4.39. The number of rotatable bonds is 10. The van der Waals surface area contributed by atoms with Gasteiger partial charge in [0, 0.05) is 37.4 Å². The number of hydrogen-bond donors (Lipinski definition) is 1. The highest BCUT2D eigenvalue weighted by Gasteiger charge is 2.36. The Hall–Kier alpha value is -4.02. The third kappa shape index (κ3) is 7.03. The zero-order chi connectivity index (χ0) is 31.4. The van der Waals surface area contributed by atoms with Crippen LogP contribution in [0.2, 0.25) is 0 Å². The Balaban J connectivity index is 1.50. The number of carbonyl (C=O) groups is 2. The number of amides is 2. The Morgan fingerprint density at radius 2 is 1.57 bits per heavy atom. The highest BCUT2D eigenvalue weighted by Crippen LogP contribution is 2.37. The second kappa shape index (κ2) is 13.3. The lowest BCUT2D eigenvalue weighted by molar-refractivity contribution is -0.115. The lowest BCUT2D eigenvalue weighted by atomic mass is 9.89. The maximum Gasteiger partial charge on any atom is 0.253 e. The van der Waals surface area contributed by atoms with Crippen molar-refractivity contribution in [1.29, 1.82) is 0 Å². The fraction of sp³-hybridized carbons (Fsp3) is 0.382. The van der Waals surface area contributed by atoms with Crippen LogP contribution in [0.1, 0.15) is 59.5 Å². The number of carbonyl (C=O) groups excluding carboxylic acids is 2. The van der Waals surface area contributed by atoms with Gasteiger partial charge in [-0.1, -0.05) is 49.6 Å². The second-order valence-corrected chi connectivity index (χ2v) is 13.9. The molecule has 0 spiro atoms. The van der Waals surface area contributed by atoms with Crippen molar-refractivity contribution in [2.75, 3.05) is 50.1 Å². The molecule has 0 radical (unpaired) electrons. The van der Waals surface area contributed by atoms with Gasteiger partial charge in [0.1, 0.15) is 5.92 Å². The van der Waals surface area contributed by atoms with E-state index in [-0.39, 0.29) is 17.9 Å². The fourth-order valence-corrected chi connectivity index (χ4v) is 6.94. The van der Waals surface area contributed by atoms with Gasteiger partial charge in [-0.15, -0.1) is 0 Å². The van der Waals surface area contributed by atoms with Crippen LogP contribution in [0.15, 0.2) is 77.8 Å². The summed E-state index contributed by atoms with van der Waals surface area (Å²) in [6.07, 6.45) is 6.70. The normalized spacial score (nSPS) is 17.3. The first-order chi connectivity index (χ1) is 21.0. The van der Waals surface area contributed by atoms with Crippen LogP contribution in [0, 0.1) is 0 Å². The van der Waals surface area contributed by atoms with Gasteiger partial charge in [0.15, 0.2) is 0 Å². The van der Waals surface area contributed by atoms with E-state index in [1.165, 1.54) is 17.0 Å². The van der Waals surface area contributed by atoms with Crippen molar-refractivity contribution in [3.8, 4) is 0 Å². The number of nitrogens with one attached hydrogen (secondary N) is 1. The van der Waals surface area contributed by atoms with Gasteiger partial charge < -0.3 is 15.1 Å². The van der Waals surface area contributed by atoms with Crippen LogP contribution in [0.4, 0.5) is 17.1 Å². The standard InChI is InChI=1S/C34H41N5O4S/c1-37(2)21-22-39(44(4,42)43)28-18-16-26(17-19-28)35-32(24-11-7-5-8-12-24)31-29-23-25(15-20-30(29)36-33(31)40)34(41)38(3)27-13-9-6-10-14-27/h5,7-8,11-12,15-20,23,27,31H,6,9-10,13-14,21-22H2,1-4H3,(H,36,40). The molecule has 44 heavy (non-hydrogen) atoms. The van der Waals surface area contributed by atoms with Crippen LogP contribution in [-0.2, 0) is 14.8 Å². The summed E-state index contributed by atoms with van der Waals surface area (Å²) in [6, 6.07) is 22.2. The second-order valence-electron chi connectivity index (χ2n) is 12.0. The molecule has 1 atom stereocenters. The molecule has 1 heterocycles. The fourth-order valence-electron chi connectivity index (χ4n) is 6.02. The number of fused-ring (bicyclic) bond motifs is 1. The minimum Gasteiger partial charge on any atom is -0.339 e. The van der Waals surface area contributed by atoms with Gasteiger partial charge in [-0.2, -0.15) is 0 Å². The Labute approximate surface area is 260 Å². The number of likely N-dealkylation sites (N-methyl/N-ethyl adjacent to an activating group) is 1. The highest BCUT2D eigenvalue weighted by molar-refractivity contribution is 7.92. The van der Waals surface area contributed by atoms with Gasteiger partial charge in [-0.05, 0) is 80.5 Å². The van der Waals surface area contributed by atoms with Crippen molar-refractivity contribution < 1.29 is 18.0 Å². The van der Waals surface area contributed by atoms with Crippen molar-refractivity contribution in [2.24, 2.45) is 4.99 Å². The molecular weight excluding hydrogens is 574 g/mol. The van der Waals surface area contributed by atoms with Gasteiger partial charge in [0.25, 0.3) is 5.91 Å². The van der Waals surface area contributed by atoms with Gasteiger partial charge in [-0.25, -0.2) is 8.42 Å². The molecule has 3 aromatic carbocycles. The van der Waals surface area contributed by atoms with E-state index < -0.39 is 15.9 Å². The number of nitrogens with zero attached hydrogens (tertiary/aromatic N) is 4. The molecule has 232 valence electrons. The van der Waals surface area contributed by atoms with Crippen LogP contribution in [0.5, 0.6) is 0 Å². The molecule has 0 bridgehead atoms. The molecule has 10 heteroatoms. The molecule has 1 saturated carbocycles. The lowest BCUT2D eigenvalue weighted by Crippen LogP contribution is -2.38. The molecule has 1 unspecified atom stereocenters. The predicted octanol–water partition coefficient (Wildman–Crippen LogP) is 5.28. The van der Waals surface area contributed by atoms with Crippen LogP contribution >= 0.6 is 0 Å². The molecule has 1 aliphatic carbocycles. The first kappa shape index (κ1) is 31.4. The minimum absolute atomic E-state index is 0.0451. The maximum absolute atomic E-state index is 13.5. The van der Waals surface area contributed by atoms with Crippen molar-refractivity contribution in [2.45, 2.75) is 44.1 Å². The lowest BCUT2D eigenvalue weighted by Gasteiger charge is -2.31. The minimum atomic E-state index is -3.48. The summed E-state index contributed by atoms with van der Waals surface area (Å²) in [4.78, 5) is 35.8. The molecule has 0 aromatic heterocycles. The molecule has 2 aliphatic rings. The Kier molecular flexibility index (Phi) is 9.51. The van der Waals surface area contributed by atoms with E-state index in [0.29, 0.717) is 47.0 Å². The average molecular weight is 616 g/mol. The summed E-state index contributed by atoms with van der Waals surface area (Å²) in [5.74, 6) is -0.986. The molecule has 5 rings (SSSR count). The number of benzene rings is 3. The van der Waals surface area contributed by atoms with Gasteiger partial charge in [0.05, 0.1) is 23.3 Å². The van der Waals surface area contributed by atoms with Gasteiger partial charge in [-0.3, -0.25) is 18.9 Å². The predicted molar refractivity (Wildman–Crippen MR) is 177 cm³/mol. The molecule has 9 nitrogen and oxygen atoms in total. The van der Waals surface area contributed by atoms with Crippen LogP contribution in [0.3, 0.4) is 0 Å². The summed E-state index contributed by atoms with van der Waals surface area (Å²) >= 11 is 0. The van der Waals surface area contributed by atoms with Crippen molar-refractivity contribution in [3.63, 3.8) is 0 Å². The van der Waals surface area contributed by atoms with Crippen molar-refractivity contribution in [3.05, 3.63) is 89.5 Å². The summed E-state index contributed by atoms with van der Waals surface area (Å²) < 4.78 is 26.4. The zero-order valence-corrected chi connectivity index (χ0v) is 26.7. The molecule has 0 saturated heterocycles. The van der Waals surface area contributed by atoms with Crippen LogP contribution in [-0.4, -0.2) is 82.3 Å². The van der Waals surface area contributed by atoms with Gasteiger partial charge >= 0.3 is 0 Å². The van der Waals surface area contributed by atoms with Crippen LogP contribution < -0.4 is 9.62 Å². The summed E-state index contributed by atoms with van der Waals surface area (Å²) in [5, 5.41) is 2.98. The van der Waals surface area contributed by atoms with E-state index in [0.717, 1.165) is 31.2 Å².